The maximum atomic E-state index is 13.3. The van der Waals surface area contributed by atoms with E-state index < -0.39 is 0 Å². The fourth-order valence-corrected chi connectivity index (χ4v) is 3.24. The van der Waals surface area contributed by atoms with E-state index in [2.05, 4.69) is 44.8 Å². The second-order valence-electron chi connectivity index (χ2n) is 7.40. The number of ether oxygens (including phenoxy) is 2. The van der Waals surface area contributed by atoms with Crippen LogP contribution >= 0.6 is 0 Å². The fourth-order valence-electron chi connectivity index (χ4n) is 3.24. The van der Waals surface area contributed by atoms with Crippen LogP contribution in [0.2, 0.25) is 0 Å². The van der Waals surface area contributed by atoms with Crippen molar-refractivity contribution in [1.82, 2.24) is 15.5 Å². The summed E-state index contributed by atoms with van der Waals surface area (Å²) in [6.07, 6.45) is -0.134. The van der Waals surface area contributed by atoms with Crippen LogP contribution in [0.1, 0.15) is 18.1 Å². The van der Waals surface area contributed by atoms with Crippen LogP contribution in [-0.4, -0.2) is 56.9 Å². The summed E-state index contributed by atoms with van der Waals surface area (Å²) in [4.78, 5) is 6.66. The zero-order valence-electron chi connectivity index (χ0n) is 17.7. The largest absolute Gasteiger partial charge is 0.489 e. The fraction of sp³-hybridized carbons (Fsp3) is 0.435. The molecule has 162 valence electrons. The van der Waals surface area contributed by atoms with Crippen LogP contribution in [-0.2, 0) is 17.8 Å². The van der Waals surface area contributed by atoms with Crippen LogP contribution in [0.3, 0.4) is 0 Å². The molecule has 1 atom stereocenters. The molecule has 0 aromatic heterocycles. The van der Waals surface area contributed by atoms with Gasteiger partial charge in [-0.15, -0.1) is 0 Å². The van der Waals surface area contributed by atoms with Gasteiger partial charge in [0.05, 0.1) is 19.8 Å². The van der Waals surface area contributed by atoms with Crippen LogP contribution in [0.5, 0.6) is 5.75 Å². The van der Waals surface area contributed by atoms with Gasteiger partial charge in [-0.1, -0.05) is 30.3 Å². The van der Waals surface area contributed by atoms with Crippen molar-refractivity contribution >= 4 is 5.96 Å². The molecule has 3 rings (SSSR count). The van der Waals surface area contributed by atoms with Gasteiger partial charge < -0.3 is 20.1 Å². The molecule has 2 aromatic carbocycles. The molecule has 0 aliphatic carbocycles. The third kappa shape index (κ3) is 7.31. The topological polar surface area (TPSA) is 58.1 Å². The first-order chi connectivity index (χ1) is 14.6. The number of guanidine groups is 1. The Morgan fingerprint density at radius 2 is 1.87 bits per heavy atom. The lowest BCUT2D eigenvalue weighted by Crippen LogP contribution is -2.41. The summed E-state index contributed by atoms with van der Waals surface area (Å²) >= 11 is 0. The molecule has 0 bridgehead atoms. The van der Waals surface area contributed by atoms with E-state index in [1.165, 1.54) is 23.3 Å². The predicted molar refractivity (Wildman–Crippen MR) is 117 cm³/mol. The number of nitrogens with one attached hydrogen (secondary N) is 2. The maximum absolute atomic E-state index is 13.3. The van der Waals surface area contributed by atoms with E-state index in [9.17, 15) is 4.39 Å². The third-order valence-corrected chi connectivity index (χ3v) is 4.91. The molecular weight excluding hydrogens is 383 g/mol. The second kappa shape index (κ2) is 11.5. The lowest BCUT2D eigenvalue weighted by atomic mass is 10.1. The van der Waals surface area contributed by atoms with Gasteiger partial charge in [0.15, 0.2) is 5.96 Å². The van der Waals surface area contributed by atoms with Gasteiger partial charge in [-0.25, -0.2) is 4.39 Å². The molecule has 0 spiro atoms. The summed E-state index contributed by atoms with van der Waals surface area (Å²) in [6.45, 7) is 7.74. The van der Waals surface area contributed by atoms with Crippen molar-refractivity contribution < 1.29 is 13.9 Å². The molecule has 0 saturated carbocycles. The minimum atomic E-state index is -0.305. The monoisotopic (exact) mass is 414 g/mol. The molecule has 7 heteroatoms. The SMILES string of the molecule is CN=C(NCc1ccc(CN2CCOCC2)cc1)NCC(C)Oc1cccc(F)c1. The number of nitrogens with zero attached hydrogens (tertiary/aromatic N) is 2. The van der Waals surface area contributed by atoms with Gasteiger partial charge in [-0.3, -0.25) is 9.89 Å². The average molecular weight is 415 g/mol. The Balaban J connectivity index is 1.40. The average Bonchev–Trinajstić information content (AvgIpc) is 2.76. The van der Waals surface area contributed by atoms with Crippen molar-refractivity contribution in [3.63, 3.8) is 0 Å². The molecule has 1 saturated heterocycles. The van der Waals surface area contributed by atoms with Crippen molar-refractivity contribution in [1.29, 1.82) is 0 Å². The van der Waals surface area contributed by atoms with Crippen molar-refractivity contribution in [2.24, 2.45) is 4.99 Å². The highest BCUT2D eigenvalue weighted by molar-refractivity contribution is 5.79. The Morgan fingerprint density at radius 3 is 2.57 bits per heavy atom. The highest BCUT2D eigenvalue weighted by Gasteiger charge is 2.10. The number of aliphatic imine (C=N–C) groups is 1. The molecule has 2 aromatic rings. The Labute approximate surface area is 178 Å². The first kappa shape index (κ1) is 22.1. The van der Waals surface area contributed by atoms with Crippen LogP contribution in [0.4, 0.5) is 4.39 Å². The molecule has 1 aliphatic heterocycles. The number of halogens is 1. The molecule has 1 aliphatic rings. The highest BCUT2D eigenvalue weighted by Crippen LogP contribution is 2.13. The highest BCUT2D eigenvalue weighted by atomic mass is 19.1. The van der Waals surface area contributed by atoms with Gasteiger partial charge in [-0.05, 0) is 30.2 Å². The quantitative estimate of drug-likeness (QED) is 0.514. The molecule has 1 heterocycles. The van der Waals surface area contributed by atoms with Crippen LogP contribution in [0, 0.1) is 5.82 Å². The summed E-state index contributed by atoms with van der Waals surface area (Å²) in [5.41, 5.74) is 2.50. The molecule has 0 radical (unpaired) electrons. The Bertz CT molecular complexity index is 807. The summed E-state index contributed by atoms with van der Waals surface area (Å²) in [5, 5.41) is 6.55. The van der Waals surface area contributed by atoms with E-state index >= 15 is 0 Å². The van der Waals surface area contributed by atoms with Crippen molar-refractivity contribution in [2.45, 2.75) is 26.1 Å². The van der Waals surface area contributed by atoms with Crippen molar-refractivity contribution in [2.75, 3.05) is 39.9 Å². The van der Waals surface area contributed by atoms with E-state index in [4.69, 9.17) is 9.47 Å². The third-order valence-electron chi connectivity index (χ3n) is 4.91. The Hall–Kier alpha value is -2.64. The molecule has 6 nitrogen and oxygen atoms in total. The number of rotatable bonds is 8. The molecule has 1 fully saturated rings. The van der Waals surface area contributed by atoms with E-state index in [0.717, 1.165) is 32.8 Å². The summed E-state index contributed by atoms with van der Waals surface area (Å²) in [7, 11) is 1.73. The van der Waals surface area contributed by atoms with E-state index in [-0.39, 0.29) is 11.9 Å². The van der Waals surface area contributed by atoms with E-state index in [0.29, 0.717) is 24.8 Å². The van der Waals surface area contributed by atoms with Gasteiger partial charge in [-0.2, -0.15) is 0 Å². The predicted octanol–water partition coefficient (Wildman–Crippen LogP) is 2.79. The zero-order chi connectivity index (χ0) is 21.2. The Morgan fingerprint density at radius 1 is 1.13 bits per heavy atom. The molecule has 0 amide bonds. The molecule has 2 N–H and O–H groups in total. The normalized spacial score (nSPS) is 16.2. The standard InChI is InChI=1S/C23H31FN4O2/c1-18(30-22-5-3-4-21(24)14-22)15-26-23(25-2)27-16-19-6-8-20(9-7-19)17-28-10-12-29-13-11-28/h3-9,14,18H,10-13,15-17H2,1-2H3,(H2,25,26,27). The van der Waals surface area contributed by atoms with Gasteiger partial charge in [0.25, 0.3) is 0 Å². The first-order valence-corrected chi connectivity index (χ1v) is 10.4. The summed E-state index contributed by atoms with van der Waals surface area (Å²) in [6, 6.07) is 14.8. The van der Waals surface area contributed by atoms with Gasteiger partial charge in [0.2, 0.25) is 0 Å². The van der Waals surface area contributed by atoms with Crippen LogP contribution in [0.15, 0.2) is 53.5 Å². The van der Waals surface area contributed by atoms with E-state index in [1.54, 1.807) is 19.2 Å². The lowest BCUT2D eigenvalue weighted by Gasteiger charge is -2.26. The van der Waals surface area contributed by atoms with Gasteiger partial charge in [0.1, 0.15) is 17.7 Å². The minimum Gasteiger partial charge on any atom is -0.489 e. The summed E-state index contributed by atoms with van der Waals surface area (Å²) in [5.74, 6) is 0.910. The van der Waals surface area contributed by atoms with Crippen molar-refractivity contribution in [3.05, 3.63) is 65.5 Å². The minimum absolute atomic E-state index is 0.134. The number of hydrogen-bond acceptors (Lipinski definition) is 4. The molecule has 30 heavy (non-hydrogen) atoms. The summed E-state index contributed by atoms with van der Waals surface area (Å²) < 4.78 is 24.4. The lowest BCUT2D eigenvalue weighted by molar-refractivity contribution is 0.0342. The van der Waals surface area contributed by atoms with Crippen LogP contribution in [0.25, 0.3) is 0 Å². The number of hydrogen-bond donors (Lipinski definition) is 2. The van der Waals surface area contributed by atoms with Crippen molar-refractivity contribution in [3.8, 4) is 5.75 Å². The van der Waals surface area contributed by atoms with Gasteiger partial charge >= 0.3 is 0 Å². The van der Waals surface area contributed by atoms with E-state index in [1.807, 2.05) is 6.92 Å². The Kier molecular flexibility index (Phi) is 8.47. The number of benzene rings is 2. The maximum Gasteiger partial charge on any atom is 0.191 e. The second-order valence-corrected chi connectivity index (χ2v) is 7.40. The van der Waals surface area contributed by atoms with Gasteiger partial charge in [0, 0.05) is 39.3 Å². The smallest absolute Gasteiger partial charge is 0.191 e. The zero-order valence-corrected chi connectivity index (χ0v) is 17.7. The van der Waals surface area contributed by atoms with Crippen LogP contribution < -0.4 is 15.4 Å². The molecule has 1 unspecified atom stereocenters. The molecular formula is C23H31FN4O2. The first-order valence-electron chi connectivity index (χ1n) is 10.4. The number of morpholine rings is 1.